The van der Waals surface area contributed by atoms with E-state index >= 15 is 0 Å². The molecular formula is C17H14F2N2O3S2. The fourth-order valence-electron chi connectivity index (χ4n) is 2.25. The number of carbonyl (C=O) groups is 1. The van der Waals surface area contributed by atoms with Crippen molar-refractivity contribution in [2.45, 2.75) is 13.5 Å². The third-order valence-electron chi connectivity index (χ3n) is 3.41. The van der Waals surface area contributed by atoms with E-state index in [-0.39, 0.29) is 17.4 Å². The molecule has 3 rings (SSSR count). The molecule has 1 N–H and O–H groups in total. The minimum absolute atomic E-state index is 0.150. The van der Waals surface area contributed by atoms with Gasteiger partial charge < -0.3 is 14.8 Å². The van der Waals surface area contributed by atoms with E-state index in [1.165, 1.54) is 30.6 Å². The van der Waals surface area contributed by atoms with Crippen molar-refractivity contribution in [3.05, 3.63) is 45.6 Å². The van der Waals surface area contributed by atoms with Gasteiger partial charge in [0.25, 0.3) is 5.91 Å². The summed E-state index contributed by atoms with van der Waals surface area (Å²) in [5, 5.41) is 7.33. The lowest BCUT2D eigenvalue weighted by Crippen LogP contribution is -2.12. The number of hydrogen-bond donors (Lipinski definition) is 1. The second kappa shape index (κ2) is 7.79. The zero-order valence-electron chi connectivity index (χ0n) is 13.8. The summed E-state index contributed by atoms with van der Waals surface area (Å²) in [6.07, 6.45) is 0. The largest absolute Gasteiger partial charge is 0.493 e. The first kappa shape index (κ1) is 18.3. The lowest BCUT2D eigenvalue weighted by Gasteiger charge is -2.12. The maximum atomic E-state index is 12.5. The maximum Gasteiger partial charge on any atom is 0.387 e. The van der Waals surface area contributed by atoms with E-state index in [1.54, 1.807) is 24.3 Å². The second-order valence-electron chi connectivity index (χ2n) is 5.14. The molecule has 0 saturated heterocycles. The number of alkyl halides is 2. The number of nitrogens with one attached hydrogen (secondary N) is 1. The number of nitrogens with zero attached hydrogens (tertiary/aromatic N) is 1. The molecule has 2 heterocycles. The highest BCUT2D eigenvalue weighted by Crippen LogP contribution is 2.33. The molecule has 0 aliphatic heterocycles. The highest BCUT2D eigenvalue weighted by atomic mass is 32.1. The molecule has 0 spiro atoms. The highest BCUT2D eigenvalue weighted by molar-refractivity contribution is 7.17. The smallest absolute Gasteiger partial charge is 0.387 e. The number of rotatable bonds is 6. The third kappa shape index (κ3) is 4.00. The summed E-state index contributed by atoms with van der Waals surface area (Å²) >= 11 is 2.82. The van der Waals surface area contributed by atoms with Crippen molar-refractivity contribution >= 4 is 34.3 Å². The second-order valence-corrected chi connectivity index (χ2v) is 6.92. The van der Waals surface area contributed by atoms with Crippen molar-refractivity contribution in [1.82, 2.24) is 4.98 Å². The Morgan fingerprint density at radius 2 is 2.08 bits per heavy atom. The first-order chi connectivity index (χ1) is 12.5. The number of methoxy groups -OCH3 is 1. The van der Waals surface area contributed by atoms with Crippen LogP contribution in [0.2, 0.25) is 0 Å². The van der Waals surface area contributed by atoms with Crippen LogP contribution in [0.1, 0.15) is 15.4 Å². The van der Waals surface area contributed by atoms with Crippen molar-refractivity contribution in [3.63, 3.8) is 0 Å². The lowest BCUT2D eigenvalue weighted by atomic mass is 10.2. The van der Waals surface area contributed by atoms with E-state index in [4.69, 9.17) is 4.74 Å². The third-order valence-corrected chi connectivity index (χ3v) is 5.30. The Hall–Kier alpha value is -2.52. The fraction of sp³-hybridized carbons (Fsp3) is 0.176. The molecule has 0 saturated carbocycles. The highest BCUT2D eigenvalue weighted by Gasteiger charge is 2.18. The van der Waals surface area contributed by atoms with Gasteiger partial charge in [0.1, 0.15) is 9.88 Å². The lowest BCUT2D eigenvalue weighted by molar-refractivity contribution is -0.0511. The SMILES string of the molecule is COc1ccc(NC(=O)c2sc(-c3ccsc3)nc2C)cc1OC(F)F. The zero-order chi connectivity index (χ0) is 18.7. The van der Waals surface area contributed by atoms with E-state index in [2.05, 4.69) is 15.0 Å². The van der Waals surface area contributed by atoms with Crippen molar-refractivity contribution < 1.29 is 23.0 Å². The van der Waals surface area contributed by atoms with Crippen LogP contribution in [-0.4, -0.2) is 24.6 Å². The van der Waals surface area contributed by atoms with Crippen LogP contribution >= 0.6 is 22.7 Å². The minimum Gasteiger partial charge on any atom is -0.493 e. The number of amides is 1. The van der Waals surface area contributed by atoms with Gasteiger partial charge in [0.15, 0.2) is 11.5 Å². The number of anilines is 1. The van der Waals surface area contributed by atoms with Crippen molar-refractivity contribution in [1.29, 1.82) is 0 Å². The summed E-state index contributed by atoms with van der Waals surface area (Å²) in [6, 6.07) is 6.22. The Morgan fingerprint density at radius 3 is 2.73 bits per heavy atom. The molecule has 0 aliphatic carbocycles. The van der Waals surface area contributed by atoms with Crippen molar-refractivity contribution in [2.24, 2.45) is 0 Å². The molecule has 9 heteroatoms. The van der Waals surface area contributed by atoms with Gasteiger partial charge in [0.2, 0.25) is 0 Å². The van der Waals surface area contributed by atoms with E-state index in [9.17, 15) is 13.6 Å². The first-order valence-corrected chi connectivity index (χ1v) is 9.18. The van der Waals surface area contributed by atoms with Crippen LogP contribution in [0, 0.1) is 6.92 Å². The Morgan fingerprint density at radius 1 is 1.27 bits per heavy atom. The van der Waals surface area contributed by atoms with Crippen LogP contribution in [0.5, 0.6) is 11.5 Å². The number of carbonyl (C=O) groups excluding carboxylic acids is 1. The van der Waals surface area contributed by atoms with Gasteiger partial charge in [-0.15, -0.1) is 11.3 Å². The van der Waals surface area contributed by atoms with Crippen LogP contribution in [0.25, 0.3) is 10.6 Å². The number of ether oxygens (including phenoxy) is 2. The quantitative estimate of drug-likeness (QED) is 0.634. The summed E-state index contributed by atoms with van der Waals surface area (Å²) in [5.41, 5.74) is 1.88. The number of thiazole rings is 1. The topological polar surface area (TPSA) is 60.5 Å². The molecule has 0 bridgehead atoms. The molecule has 0 atom stereocenters. The Balaban J connectivity index is 1.82. The predicted molar refractivity (Wildman–Crippen MR) is 97.7 cm³/mol. The van der Waals surface area contributed by atoms with Gasteiger partial charge in [0.05, 0.1) is 12.8 Å². The summed E-state index contributed by atoms with van der Waals surface area (Å²) < 4.78 is 34.4. The standard InChI is InChI=1S/C17H14F2N2O3S2/c1-9-14(26-16(20-9)10-5-6-25-8-10)15(22)21-11-3-4-12(23-2)13(7-11)24-17(18)19/h3-8,17H,1-2H3,(H,21,22). The molecule has 136 valence electrons. The molecule has 0 unspecified atom stereocenters. The molecule has 5 nitrogen and oxygen atoms in total. The normalized spacial score (nSPS) is 10.8. The summed E-state index contributed by atoms with van der Waals surface area (Å²) in [6.45, 7) is -1.24. The number of benzene rings is 1. The monoisotopic (exact) mass is 396 g/mol. The van der Waals surface area contributed by atoms with Crippen LogP contribution in [0.4, 0.5) is 14.5 Å². The van der Waals surface area contributed by atoms with E-state index in [0.29, 0.717) is 16.3 Å². The maximum absolute atomic E-state index is 12.5. The molecule has 3 aromatic rings. The Bertz CT molecular complexity index is 911. The Kier molecular flexibility index (Phi) is 5.48. The van der Waals surface area contributed by atoms with Gasteiger partial charge in [-0.25, -0.2) is 4.98 Å². The molecule has 2 aromatic heterocycles. The van der Waals surface area contributed by atoms with Gasteiger partial charge in [0, 0.05) is 22.7 Å². The van der Waals surface area contributed by atoms with Gasteiger partial charge in [-0.3, -0.25) is 4.79 Å². The van der Waals surface area contributed by atoms with Gasteiger partial charge in [-0.2, -0.15) is 20.1 Å². The average molecular weight is 396 g/mol. The van der Waals surface area contributed by atoms with E-state index in [1.807, 2.05) is 16.8 Å². The molecule has 1 amide bonds. The number of hydrogen-bond acceptors (Lipinski definition) is 6. The molecule has 0 fully saturated rings. The van der Waals surface area contributed by atoms with Crippen molar-refractivity contribution in [2.75, 3.05) is 12.4 Å². The zero-order valence-corrected chi connectivity index (χ0v) is 15.4. The number of thiophene rings is 1. The van der Waals surface area contributed by atoms with Gasteiger partial charge >= 0.3 is 6.61 Å². The summed E-state index contributed by atoms with van der Waals surface area (Å²) in [4.78, 5) is 17.4. The van der Waals surface area contributed by atoms with Crippen molar-refractivity contribution in [3.8, 4) is 22.1 Å². The summed E-state index contributed by atoms with van der Waals surface area (Å²) in [7, 11) is 1.35. The van der Waals surface area contributed by atoms with Gasteiger partial charge in [-0.1, -0.05) is 0 Å². The number of halogens is 2. The minimum atomic E-state index is -2.99. The van der Waals surface area contributed by atoms with Crippen LogP contribution < -0.4 is 14.8 Å². The number of aromatic nitrogens is 1. The summed E-state index contributed by atoms with van der Waals surface area (Å²) in [5.74, 6) is -0.369. The molecule has 0 aliphatic rings. The van der Waals surface area contributed by atoms with Gasteiger partial charge in [-0.05, 0) is 30.5 Å². The van der Waals surface area contributed by atoms with E-state index in [0.717, 1.165) is 10.6 Å². The fourth-order valence-corrected chi connectivity index (χ4v) is 3.92. The predicted octanol–water partition coefficient (Wildman–Crippen LogP) is 5.04. The number of aryl methyl sites for hydroxylation is 1. The van der Waals surface area contributed by atoms with Crippen LogP contribution in [-0.2, 0) is 0 Å². The van der Waals surface area contributed by atoms with Crippen LogP contribution in [0.3, 0.4) is 0 Å². The average Bonchev–Trinajstić information content (AvgIpc) is 3.24. The van der Waals surface area contributed by atoms with E-state index < -0.39 is 6.61 Å². The molecule has 0 radical (unpaired) electrons. The van der Waals surface area contributed by atoms with Crippen LogP contribution in [0.15, 0.2) is 35.0 Å². The molecular weight excluding hydrogens is 382 g/mol. The first-order valence-electron chi connectivity index (χ1n) is 7.42. The molecule has 26 heavy (non-hydrogen) atoms. The Labute approximate surface area is 156 Å². The molecule has 1 aromatic carbocycles.